The van der Waals surface area contributed by atoms with Gasteiger partial charge in [0.2, 0.25) is 10.0 Å². The molecular formula is C12H29IN4O2S. The molecule has 0 aliphatic rings. The number of sulfonamides is 1. The molecule has 0 aromatic heterocycles. The summed E-state index contributed by atoms with van der Waals surface area (Å²) >= 11 is 0. The van der Waals surface area contributed by atoms with Gasteiger partial charge in [-0.25, -0.2) is 13.1 Å². The fourth-order valence-corrected chi connectivity index (χ4v) is 2.53. The Bertz CT molecular complexity index is 396. The molecule has 0 aliphatic carbocycles. The van der Waals surface area contributed by atoms with Crippen molar-refractivity contribution in [2.45, 2.75) is 52.6 Å². The maximum Gasteiger partial charge on any atom is 0.209 e. The summed E-state index contributed by atoms with van der Waals surface area (Å²) in [5.74, 6) is 0.709. The van der Waals surface area contributed by atoms with Gasteiger partial charge in [0.05, 0.1) is 12.8 Å². The highest BCUT2D eigenvalue weighted by Crippen LogP contribution is 2.04. The maximum atomic E-state index is 11.3. The Hall–Kier alpha value is -0.0900. The van der Waals surface area contributed by atoms with Crippen molar-refractivity contribution in [1.29, 1.82) is 0 Å². The standard InChI is InChI=1S/C12H28N4O2S.HI/c1-7-10(3)15-11(13-8-2)14-9-12(4,5)16-19(6,17)18;/h10,16H,7-9H2,1-6H3,(H2,13,14,15);1H. The van der Waals surface area contributed by atoms with Gasteiger partial charge in [0.1, 0.15) is 0 Å². The first-order chi connectivity index (χ1) is 8.59. The van der Waals surface area contributed by atoms with Crippen molar-refractivity contribution in [2.24, 2.45) is 4.99 Å². The molecule has 1 unspecified atom stereocenters. The number of rotatable bonds is 7. The third-order valence-electron chi connectivity index (χ3n) is 2.43. The number of nitrogens with one attached hydrogen (secondary N) is 3. The minimum absolute atomic E-state index is 0. The lowest BCUT2D eigenvalue weighted by atomic mass is 10.1. The molecule has 122 valence electrons. The SMILES string of the molecule is CCNC(=NCC(C)(C)NS(C)(=O)=O)NC(C)CC.I. The number of hydrogen-bond acceptors (Lipinski definition) is 3. The predicted octanol–water partition coefficient (Wildman–Crippen LogP) is 1.29. The van der Waals surface area contributed by atoms with E-state index in [2.05, 4.69) is 34.2 Å². The van der Waals surface area contributed by atoms with Crippen LogP contribution >= 0.6 is 24.0 Å². The van der Waals surface area contributed by atoms with Gasteiger partial charge in [-0.1, -0.05) is 6.92 Å². The molecule has 0 heterocycles. The molecule has 0 amide bonds. The zero-order chi connectivity index (χ0) is 15.1. The van der Waals surface area contributed by atoms with Crippen LogP contribution in [0.25, 0.3) is 0 Å². The summed E-state index contributed by atoms with van der Waals surface area (Å²) in [6.45, 7) is 10.9. The van der Waals surface area contributed by atoms with Crippen molar-refractivity contribution in [3.05, 3.63) is 0 Å². The third-order valence-corrected chi connectivity index (χ3v) is 3.36. The Morgan fingerprint density at radius 3 is 2.25 bits per heavy atom. The van der Waals surface area contributed by atoms with Crippen LogP contribution in [0.1, 0.15) is 41.0 Å². The number of halogens is 1. The van der Waals surface area contributed by atoms with Gasteiger partial charge in [-0.3, -0.25) is 4.99 Å². The summed E-state index contributed by atoms with van der Waals surface area (Å²) in [5, 5.41) is 6.41. The molecule has 0 spiro atoms. The zero-order valence-electron chi connectivity index (χ0n) is 13.3. The Morgan fingerprint density at radius 1 is 1.30 bits per heavy atom. The topological polar surface area (TPSA) is 82.6 Å². The molecule has 0 radical (unpaired) electrons. The van der Waals surface area contributed by atoms with Crippen LogP contribution in [-0.2, 0) is 10.0 Å². The van der Waals surface area contributed by atoms with E-state index >= 15 is 0 Å². The van der Waals surface area contributed by atoms with Crippen molar-refractivity contribution < 1.29 is 8.42 Å². The number of aliphatic imine (C=N–C) groups is 1. The summed E-state index contributed by atoms with van der Waals surface area (Å²) in [7, 11) is -3.23. The molecule has 20 heavy (non-hydrogen) atoms. The number of nitrogens with zero attached hydrogens (tertiary/aromatic N) is 1. The van der Waals surface area contributed by atoms with Crippen molar-refractivity contribution in [3.8, 4) is 0 Å². The van der Waals surface area contributed by atoms with Gasteiger partial charge in [0.15, 0.2) is 5.96 Å². The summed E-state index contributed by atoms with van der Waals surface area (Å²) in [6.07, 6.45) is 2.15. The molecule has 8 heteroatoms. The molecule has 0 saturated heterocycles. The molecule has 1 atom stereocenters. The van der Waals surface area contributed by atoms with Crippen LogP contribution in [0.4, 0.5) is 0 Å². The lowest BCUT2D eigenvalue weighted by molar-refractivity contribution is 0.463. The fourth-order valence-electron chi connectivity index (χ4n) is 1.47. The van der Waals surface area contributed by atoms with Crippen LogP contribution in [0, 0.1) is 0 Å². The molecule has 6 nitrogen and oxygen atoms in total. The molecule has 0 saturated carbocycles. The smallest absolute Gasteiger partial charge is 0.209 e. The van der Waals surface area contributed by atoms with E-state index in [9.17, 15) is 8.42 Å². The van der Waals surface area contributed by atoms with E-state index in [0.717, 1.165) is 19.2 Å². The first-order valence-corrected chi connectivity index (χ1v) is 8.52. The van der Waals surface area contributed by atoms with E-state index in [1.807, 2.05) is 20.8 Å². The Labute approximate surface area is 140 Å². The van der Waals surface area contributed by atoms with Gasteiger partial charge in [0, 0.05) is 18.1 Å². The van der Waals surface area contributed by atoms with E-state index in [1.54, 1.807) is 0 Å². The highest BCUT2D eigenvalue weighted by atomic mass is 127. The average Bonchev–Trinajstić information content (AvgIpc) is 2.23. The van der Waals surface area contributed by atoms with Gasteiger partial charge >= 0.3 is 0 Å². The largest absolute Gasteiger partial charge is 0.357 e. The Morgan fingerprint density at radius 2 is 1.85 bits per heavy atom. The fraction of sp³-hybridized carbons (Fsp3) is 0.917. The summed E-state index contributed by atoms with van der Waals surface area (Å²) in [6, 6.07) is 0.323. The minimum Gasteiger partial charge on any atom is -0.357 e. The number of hydrogen-bond donors (Lipinski definition) is 3. The Balaban J connectivity index is 0. The molecular weight excluding hydrogens is 391 g/mol. The monoisotopic (exact) mass is 420 g/mol. The molecule has 0 fully saturated rings. The summed E-state index contributed by atoms with van der Waals surface area (Å²) in [4.78, 5) is 4.42. The first kappa shape index (κ1) is 22.2. The molecule has 0 aromatic rings. The van der Waals surface area contributed by atoms with Crippen LogP contribution in [-0.4, -0.2) is 45.3 Å². The molecule has 0 rings (SSSR count). The number of guanidine groups is 1. The van der Waals surface area contributed by atoms with Gasteiger partial charge in [-0.2, -0.15) is 0 Å². The maximum absolute atomic E-state index is 11.3. The molecule has 0 bridgehead atoms. The quantitative estimate of drug-likeness (QED) is 0.329. The van der Waals surface area contributed by atoms with Gasteiger partial charge in [0.25, 0.3) is 0 Å². The van der Waals surface area contributed by atoms with Crippen molar-refractivity contribution in [3.63, 3.8) is 0 Å². The van der Waals surface area contributed by atoms with Crippen LogP contribution in [0.15, 0.2) is 4.99 Å². The van der Waals surface area contributed by atoms with Crippen molar-refractivity contribution >= 4 is 40.0 Å². The summed E-state index contributed by atoms with van der Waals surface area (Å²) in [5.41, 5.74) is -0.606. The van der Waals surface area contributed by atoms with E-state index in [1.165, 1.54) is 0 Å². The van der Waals surface area contributed by atoms with Crippen molar-refractivity contribution in [1.82, 2.24) is 15.4 Å². The lowest BCUT2D eigenvalue weighted by Crippen LogP contribution is -2.47. The summed E-state index contributed by atoms with van der Waals surface area (Å²) < 4.78 is 25.1. The van der Waals surface area contributed by atoms with Crippen molar-refractivity contribution in [2.75, 3.05) is 19.3 Å². The average molecular weight is 420 g/mol. The van der Waals surface area contributed by atoms with Gasteiger partial charge < -0.3 is 10.6 Å². The lowest BCUT2D eigenvalue weighted by Gasteiger charge is -2.24. The van der Waals surface area contributed by atoms with Gasteiger partial charge in [-0.15, -0.1) is 24.0 Å². The second kappa shape index (κ2) is 9.78. The highest BCUT2D eigenvalue weighted by molar-refractivity contribution is 14.0. The van der Waals surface area contributed by atoms with E-state index in [-0.39, 0.29) is 24.0 Å². The van der Waals surface area contributed by atoms with Gasteiger partial charge in [-0.05, 0) is 34.1 Å². The van der Waals surface area contributed by atoms with Crippen LogP contribution in [0.3, 0.4) is 0 Å². The van der Waals surface area contributed by atoms with Crippen LogP contribution in [0.5, 0.6) is 0 Å². The molecule has 0 aliphatic heterocycles. The molecule has 3 N–H and O–H groups in total. The first-order valence-electron chi connectivity index (χ1n) is 6.63. The predicted molar refractivity (Wildman–Crippen MR) is 96.3 cm³/mol. The zero-order valence-corrected chi connectivity index (χ0v) is 16.4. The molecule has 0 aromatic carbocycles. The third kappa shape index (κ3) is 11.7. The highest BCUT2D eigenvalue weighted by Gasteiger charge is 2.21. The van der Waals surface area contributed by atoms with E-state index in [0.29, 0.717) is 18.5 Å². The van der Waals surface area contributed by atoms with E-state index in [4.69, 9.17) is 0 Å². The minimum atomic E-state index is -3.23. The Kier molecular flexibility index (Phi) is 10.8. The van der Waals surface area contributed by atoms with Crippen LogP contribution < -0.4 is 15.4 Å². The normalized spacial score (nSPS) is 14.4. The second-order valence-corrected chi connectivity index (χ2v) is 7.16. The van der Waals surface area contributed by atoms with Crippen LogP contribution in [0.2, 0.25) is 0 Å². The van der Waals surface area contributed by atoms with E-state index < -0.39 is 15.6 Å². The second-order valence-electron chi connectivity index (χ2n) is 5.41.